The summed E-state index contributed by atoms with van der Waals surface area (Å²) >= 11 is 0. The first-order valence-electron chi connectivity index (χ1n) is 5.74. The number of nitrogens with one attached hydrogen (secondary N) is 3. The van der Waals surface area contributed by atoms with E-state index in [1.807, 2.05) is 45.0 Å². The van der Waals surface area contributed by atoms with Crippen LogP contribution in [0, 0.1) is 5.41 Å². The smallest absolute Gasteiger partial charge is 0.272 e. The minimum absolute atomic E-state index is 0.0459. The Morgan fingerprint density at radius 2 is 2.06 bits per heavy atom. The van der Waals surface area contributed by atoms with Gasteiger partial charge in [0.2, 0.25) is 5.91 Å². The molecule has 0 saturated carbocycles. The van der Waals surface area contributed by atoms with E-state index in [0.29, 0.717) is 6.54 Å². The van der Waals surface area contributed by atoms with Crippen LogP contribution >= 0.6 is 0 Å². The predicted molar refractivity (Wildman–Crippen MR) is 66.2 cm³/mol. The predicted octanol–water partition coefficient (Wildman–Crippen LogP) is 1.64. The molecule has 0 bridgehead atoms. The SMILES string of the molecule is CC(C)(C)C(=O)NCc1[nH]c2ccccc2[nH+]1. The fourth-order valence-corrected chi connectivity index (χ4v) is 1.58. The summed E-state index contributed by atoms with van der Waals surface area (Å²) in [6, 6.07) is 7.95. The van der Waals surface area contributed by atoms with Crippen molar-refractivity contribution in [1.82, 2.24) is 10.3 Å². The van der Waals surface area contributed by atoms with Crippen LogP contribution in [0.25, 0.3) is 11.0 Å². The standard InChI is InChI=1S/C13H17N3O/c1-13(2,3)12(17)14-8-11-15-9-6-4-5-7-10(9)16-11/h4-7H,8H2,1-3H3,(H,14,17)(H,15,16)/p+1. The molecule has 1 aromatic carbocycles. The number of imidazole rings is 1. The largest absolute Gasteiger partial charge is 0.344 e. The van der Waals surface area contributed by atoms with E-state index in [1.165, 1.54) is 0 Å². The molecule has 17 heavy (non-hydrogen) atoms. The summed E-state index contributed by atoms with van der Waals surface area (Å²) < 4.78 is 0. The molecule has 0 aliphatic heterocycles. The molecule has 0 atom stereocenters. The minimum Gasteiger partial charge on any atom is -0.344 e. The van der Waals surface area contributed by atoms with Crippen molar-refractivity contribution in [2.45, 2.75) is 27.3 Å². The number of amides is 1. The molecule has 0 aliphatic rings. The molecule has 0 unspecified atom stereocenters. The zero-order valence-electron chi connectivity index (χ0n) is 10.4. The molecule has 2 aromatic rings. The molecule has 2 rings (SSSR count). The highest BCUT2D eigenvalue weighted by molar-refractivity contribution is 5.81. The van der Waals surface area contributed by atoms with Crippen LogP contribution in [0.2, 0.25) is 0 Å². The average Bonchev–Trinajstić information content (AvgIpc) is 2.66. The maximum absolute atomic E-state index is 11.7. The lowest BCUT2D eigenvalue weighted by Gasteiger charge is -2.16. The number of aromatic nitrogens is 2. The second kappa shape index (κ2) is 4.20. The Kier molecular flexibility index (Phi) is 2.88. The topological polar surface area (TPSA) is 59.0 Å². The second-order valence-electron chi connectivity index (χ2n) is 5.21. The highest BCUT2D eigenvalue weighted by Crippen LogP contribution is 2.12. The first-order valence-corrected chi connectivity index (χ1v) is 5.74. The van der Waals surface area contributed by atoms with Crippen molar-refractivity contribution in [1.29, 1.82) is 0 Å². The van der Waals surface area contributed by atoms with Gasteiger partial charge >= 0.3 is 0 Å². The fourth-order valence-electron chi connectivity index (χ4n) is 1.58. The van der Waals surface area contributed by atoms with Crippen molar-refractivity contribution in [3.05, 3.63) is 30.1 Å². The molecule has 3 N–H and O–H groups in total. The van der Waals surface area contributed by atoms with Gasteiger partial charge in [-0.2, -0.15) is 0 Å². The second-order valence-corrected chi connectivity index (χ2v) is 5.21. The van der Waals surface area contributed by atoms with E-state index in [2.05, 4.69) is 15.3 Å². The Bertz CT molecular complexity index is 504. The number of hydrogen-bond acceptors (Lipinski definition) is 1. The molecule has 1 heterocycles. The Balaban J connectivity index is 2.07. The molecule has 1 amide bonds. The summed E-state index contributed by atoms with van der Waals surface area (Å²) in [5.74, 6) is 0.952. The van der Waals surface area contributed by atoms with E-state index in [1.54, 1.807) is 0 Å². The Morgan fingerprint density at radius 1 is 1.35 bits per heavy atom. The number of carbonyl (C=O) groups is 1. The maximum atomic E-state index is 11.7. The number of carbonyl (C=O) groups excluding carboxylic acids is 1. The number of para-hydroxylation sites is 2. The van der Waals surface area contributed by atoms with Gasteiger partial charge in [-0.1, -0.05) is 32.9 Å². The van der Waals surface area contributed by atoms with Crippen LogP contribution < -0.4 is 10.3 Å². The van der Waals surface area contributed by atoms with Crippen LogP contribution in [0.4, 0.5) is 0 Å². The Hall–Kier alpha value is -1.84. The highest BCUT2D eigenvalue weighted by atomic mass is 16.2. The number of fused-ring (bicyclic) bond motifs is 1. The summed E-state index contributed by atoms with van der Waals surface area (Å²) in [5, 5.41) is 2.90. The lowest BCUT2D eigenvalue weighted by Crippen LogP contribution is -2.35. The number of hydrogen-bond donors (Lipinski definition) is 2. The number of aromatic amines is 2. The Labute approximate surface area is 100 Å². The van der Waals surface area contributed by atoms with Crippen molar-refractivity contribution in [3.63, 3.8) is 0 Å². The average molecular weight is 232 g/mol. The maximum Gasteiger partial charge on any atom is 0.272 e. The minimum atomic E-state index is -0.355. The van der Waals surface area contributed by atoms with E-state index in [9.17, 15) is 4.79 Å². The molecule has 0 radical (unpaired) electrons. The first kappa shape index (κ1) is 11.6. The summed E-state index contributed by atoms with van der Waals surface area (Å²) in [7, 11) is 0. The number of H-pyrrole nitrogens is 2. The molecule has 0 fully saturated rings. The van der Waals surface area contributed by atoms with Crippen molar-refractivity contribution >= 4 is 16.9 Å². The van der Waals surface area contributed by atoms with Crippen LogP contribution in [0.3, 0.4) is 0 Å². The highest BCUT2D eigenvalue weighted by Gasteiger charge is 2.21. The van der Waals surface area contributed by atoms with Gasteiger partial charge in [0.25, 0.3) is 5.82 Å². The van der Waals surface area contributed by atoms with Crippen LogP contribution in [-0.4, -0.2) is 10.9 Å². The molecule has 4 heteroatoms. The fraction of sp³-hybridized carbons (Fsp3) is 0.385. The van der Waals surface area contributed by atoms with E-state index >= 15 is 0 Å². The Morgan fingerprint density at radius 3 is 2.71 bits per heavy atom. The summed E-state index contributed by atoms with van der Waals surface area (Å²) in [4.78, 5) is 18.2. The molecule has 90 valence electrons. The van der Waals surface area contributed by atoms with Crippen molar-refractivity contribution in [2.24, 2.45) is 5.41 Å². The zero-order valence-corrected chi connectivity index (χ0v) is 10.4. The zero-order chi connectivity index (χ0) is 12.5. The number of rotatable bonds is 2. The summed E-state index contributed by atoms with van der Waals surface area (Å²) in [6.07, 6.45) is 0. The van der Waals surface area contributed by atoms with E-state index in [-0.39, 0.29) is 11.3 Å². The van der Waals surface area contributed by atoms with Gasteiger partial charge in [0.15, 0.2) is 11.0 Å². The van der Waals surface area contributed by atoms with Gasteiger partial charge in [0, 0.05) is 5.41 Å². The van der Waals surface area contributed by atoms with Gasteiger partial charge < -0.3 is 5.32 Å². The van der Waals surface area contributed by atoms with E-state index < -0.39 is 0 Å². The molecule has 1 aromatic heterocycles. The summed E-state index contributed by atoms with van der Waals surface area (Å²) in [5.41, 5.74) is 1.74. The van der Waals surface area contributed by atoms with E-state index in [0.717, 1.165) is 16.9 Å². The van der Waals surface area contributed by atoms with Crippen molar-refractivity contribution in [2.75, 3.05) is 0 Å². The van der Waals surface area contributed by atoms with Gasteiger partial charge in [-0.05, 0) is 12.1 Å². The first-order chi connectivity index (χ1) is 7.97. The summed E-state index contributed by atoms with van der Waals surface area (Å²) in [6.45, 7) is 6.19. The van der Waals surface area contributed by atoms with Gasteiger partial charge in [0.1, 0.15) is 6.54 Å². The van der Waals surface area contributed by atoms with Gasteiger partial charge in [-0.25, -0.2) is 9.97 Å². The lowest BCUT2D eigenvalue weighted by molar-refractivity contribution is -0.358. The monoisotopic (exact) mass is 232 g/mol. The van der Waals surface area contributed by atoms with Gasteiger partial charge in [0.05, 0.1) is 0 Å². The third kappa shape index (κ3) is 2.64. The van der Waals surface area contributed by atoms with Gasteiger partial charge in [-0.15, -0.1) is 0 Å². The molecular formula is C13H18N3O+. The van der Waals surface area contributed by atoms with Crippen molar-refractivity contribution < 1.29 is 9.78 Å². The third-order valence-electron chi connectivity index (χ3n) is 2.61. The van der Waals surface area contributed by atoms with Crippen LogP contribution in [0.15, 0.2) is 24.3 Å². The third-order valence-corrected chi connectivity index (χ3v) is 2.61. The molecule has 0 aliphatic carbocycles. The quantitative estimate of drug-likeness (QED) is 0.812. The van der Waals surface area contributed by atoms with Crippen LogP contribution in [-0.2, 0) is 11.3 Å². The normalized spacial score (nSPS) is 11.7. The van der Waals surface area contributed by atoms with Crippen LogP contribution in [0.5, 0.6) is 0 Å². The van der Waals surface area contributed by atoms with Crippen molar-refractivity contribution in [3.8, 4) is 0 Å². The number of benzene rings is 1. The molecule has 0 saturated heterocycles. The molecule has 4 nitrogen and oxygen atoms in total. The van der Waals surface area contributed by atoms with E-state index in [4.69, 9.17) is 0 Å². The van der Waals surface area contributed by atoms with Crippen LogP contribution in [0.1, 0.15) is 26.6 Å². The van der Waals surface area contributed by atoms with Gasteiger partial charge in [-0.3, -0.25) is 4.79 Å². The molecule has 0 spiro atoms. The molecular weight excluding hydrogens is 214 g/mol. The lowest BCUT2D eigenvalue weighted by atomic mass is 9.96.